The van der Waals surface area contributed by atoms with Crippen molar-refractivity contribution in [2.45, 2.75) is 12.8 Å². The van der Waals surface area contributed by atoms with Gasteiger partial charge >= 0.3 is 0 Å². The van der Waals surface area contributed by atoms with Crippen LogP contribution in [0, 0.1) is 16.0 Å². The molecule has 1 aromatic heterocycles. The number of carbonyl (C=O) groups excluding carboxylic acids is 2. The average Bonchev–Trinajstić information content (AvgIpc) is 3.21. The Hall–Kier alpha value is -3.68. The van der Waals surface area contributed by atoms with Crippen LogP contribution >= 0.6 is 0 Å². The van der Waals surface area contributed by atoms with E-state index in [-0.39, 0.29) is 23.4 Å². The Morgan fingerprint density at radius 1 is 1.10 bits per heavy atom. The van der Waals surface area contributed by atoms with E-state index in [0.29, 0.717) is 36.5 Å². The summed E-state index contributed by atoms with van der Waals surface area (Å²) in [6.07, 6.45) is 1.57. The Morgan fingerprint density at radius 3 is 2.47 bits per heavy atom. The van der Waals surface area contributed by atoms with Gasteiger partial charge in [0.1, 0.15) is 5.58 Å². The Bertz CT molecular complexity index is 1050. The number of carbonyl (C=O) groups is 2. The van der Waals surface area contributed by atoms with Crippen LogP contribution in [-0.4, -0.2) is 41.3 Å². The highest BCUT2D eigenvalue weighted by Gasteiger charge is 2.26. The number of non-ortho nitro benzene ring substituents is 1. The Morgan fingerprint density at radius 2 is 1.80 bits per heavy atom. The molecule has 0 spiro atoms. The molecule has 0 bridgehead atoms. The molecule has 0 unspecified atom stereocenters. The van der Waals surface area contributed by atoms with E-state index >= 15 is 0 Å². The van der Waals surface area contributed by atoms with Gasteiger partial charge in [-0.05, 0) is 43.0 Å². The van der Waals surface area contributed by atoms with E-state index < -0.39 is 4.92 Å². The second kappa shape index (κ2) is 8.36. The molecule has 0 aliphatic carbocycles. The molecule has 1 N–H and O–H groups in total. The van der Waals surface area contributed by atoms with E-state index in [9.17, 15) is 19.7 Å². The van der Waals surface area contributed by atoms with E-state index in [1.54, 1.807) is 11.0 Å². The lowest BCUT2D eigenvalue weighted by atomic mass is 9.96. The van der Waals surface area contributed by atoms with Crippen LogP contribution < -0.4 is 5.32 Å². The number of hydrogen-bond acceptors (Lipinski definition) is 5. The predicted molar refractivity (Wildman–Crippen MR) is 110 cm³/mol. The normalized spacial score (nSPS) is 14.6. The van der Waals surface area contributed by atoms with Crippen molar-refractivity contribution in [1.82, 2.24) is 10.2 Å². The second-order valence-electron chi connectivity index (χ2n) is 7.40. The summed E-state index contributed by atoms with van der Waals surface area (Å²) in [6, 6.07) is 14.8. The summed E-state index contributed by atoms with van der Waals surface area (Å²) in [5.41, 5.74) is 1.04. The first-order valence-corrected chi connectivity index (χ1v) is 9.82. The predicted octanol–water partition coefficient (Wildman–Crippen LogP) is 3.62. The van der Waals surface area contributed by atoms with Gasteiger partial charge in [0.05, 0.1) is 4.92 Å². The fourth-order valence-electron chi connectivity index (χ4n) is 3.66. The molecule has 1 saturated heterocycles. The summed E-state index contributed by atoms with van der Waals surface area (Å²) in [4.78, 5) is 37.0. The number of likely N-dealkylation sites (tertiary alicyclic amines) is 1. The minimum atomic E-state index is -0.498. The van der Waals surface area contributed by atoms with Gasteiger partial charge in [-0.15, -0.1) is 0 Å². The Balaban J connectivity index is 1.27. The molecule has 8 heteroatoms. The number of hydrogen-bond donors (Lipinski definition) is 1. The first-order chi connectivity index (χ1) is 14.5. The van der Waals surface area contributed by atoms with Gasteiger partial charge in [-0.1, -0.05) is 18.2 Å². The number of nitrogens with zero attached hydrogens (tertiary/aromatic N) is 2. The zero-order chi connectivity index (χ0) is 21.1. The molecule has 0 atom stereocenters. The van der Waals surface area contributed by atoms with Crippen molar-refractivity contribution < 1.29 is 18.9 Å². The number of nitro groups is 1. The number of nitro benzene ring substituents is 1. The maximum absolute atomic E-state index is 12.7. The van der Waals surface area contributed by atoms with E-state index in [1.165, 1.54) is 24.3 Å². The highest BCUT2D eigenvalue weighted by molar-refractivity contribution is 5.96. The van der Waals surface area contributed by atoms with Crippen molar-refractivity contribution in [3.63, 3.8) is 0 Å². The topological polar surface area (TPSA) is 106 Å². The summed E-state index contributed by atoms with van der Waals surface area (Å²) >= 11 is 0. The number of piperidine rings is 1. The third kappa shape index (κ3) is 4.17. The zero-order valence-corrected chi connectivity index (χ0v) is 16.2. The summed E-state index contributed by atoms with van der Waals surface area (Å²) in [7, 11) is 0. The third-order valence-electron chi connectivity index (χ3n) is 5.43. The smallest absolute Gasteiger partial charge is 0.289 e. The van der Waals surface area contributed by atoms with Gasteiger partial charge in [0.15, 0.2) is 5.76 Å². The second-order valence-corrected chi connectivity index (χ2v) is 7.40. The van der Waals surface area contributed by atoms with Crippen molar-refractivity contribution >= 4 is 28.5 Å². The van der Waals surface area contributed by atoms with Crippen molar-refractivity contribution in [1.29, 1.82) is 0 Å². The van der Waals surface area contributed by atoms with Gasteiger partial charge in [0.2, 0.25) is 0 Å². The molecule has 0 radical (unpaired) electrons. The molecule has 2 aromatic carbocycles. The fraction of sp³-hybridized carbons (Fsp3) is 0.273. The van der Waals surface area contributed by atoms with Crippen molar-refractivity contribution in [2.75, 3.05) is 19.6 Å². The van der Waals surface area contributed by atoms with Crippen LogP contribution in [-0.2, 0) is 0 Å². The lowest BCUT2D eigenvalue weighted by Gasteiger charge is -2.31. The van der Waals surface area contributed by atoms with Crippen LogP contribution in [0.25, 0.3) is 11.0 Å². The third-order valence-corrected chi connectivity index (χ3v) is 5.43. The standard InChI is InChI=1S/C22H21N3O5/c26-21(16-5-7-18(8-6-16)25(28)29)23-14-15-9-11-24(12-10-15)22(27)20-13-17-3-1-2-4-19(17)30-20/h1-8,13,15H,9-12,14H2,(H,23,26). The van der Waals surface area contributed by atoms with Gasteiger partial charge in [0, 0.05) is 42.7 Å². The number of benzene rings is 2. The van der Waals surface area contributed by atoms with Crippen LogP contribution in [0.4, 0.5) is 5.69 Å². The molecule has 1 aliphatic heterocycles. The minimum absolute atomic E-state index is 0.0481. The average molecular weight is 407 g/mol. The quantitative estimate of drug-likeness (QED) is 0.514. The molecular formula is C22H21N3O5. The lowest BCUT2D eigenvalue weighted by molar-refractivity contribution is -0.384. The minimum Gasteiger partial charge on any atom is -0.451 e. The maximum atomic E-state index is 12.7. The summed E-state index contributed by atoms with van der Waals surface area (Å²) in [6.45, 7) is 1.71. The molecule has 0 saturated carbocycles. The van der Waals surface area contributed by atoms with E-state index in [4.69, 9.17) is 4.42 Å². The fourth-order valence-corrected chi connectivity index (χ4v) is 3.66. The highest BCUT2D eigenvalue weighted by Crippen LogP contribution is 2.23. The number of furan rings is 1. The molecule has 3 aromatic rings. The SMILES string of the molecule is O=C(NCC1CCN(C(=O)c2cc3ccccc3o2)CC1)c1ccc([N+](=O)[O-])cc1. The van der Waals surface area contributed by atoms with Crippen molar-refractivity contribution in [2.24, 2.45) is 5.92 Å². The molecule has 8 nitrogen and oxygen atoms in total. The van der Waals surface area contributed by atoms with Gasteiger partial charge in [-0.2, -0.15) is 0 Å². The van der Waals surface area contributed by atoms with Gasteiger partial charge in [-0.25, -0.2) is 0 Å². The number of para-hydroxylation sites is 1. The molecule has 4 rings (SSSR count). The van der Waals surface area contributed by atoms with Gasteiger partial charge in [-0.3, -0.25) is 19.7 Å². The highest BCUT2D eigenvalue weighted by atomic mass is 16.6. The summed E-state index contributed by atoms with van der Waals surface area (Å²) in [5.74, 6) is 0.248. The number of nitrogens with one attached hydrogen (secondary N) is 1. The molecule has 154 valence electrons. The van der Waals surface area contributed by atoms with Crippen LogP contribution in [0.3, 0.4) is 0 Å². The molecule has 2 amide bonds. The van der Waals surface area contributed by atoms with Crippen molar-refractivity contribution in [3.8, 4) is 0 Å². The van der Waals surface area contributed by atoms with Crippen LogP contribution in [0.5, 0.6) is 0 Å². The monoisotopic (exact) mass is 407 g/mol. The lowest BCUT2D eigenvalue weighted by Crippen LogP contribution is -2.41. The summed E-state index contributed by atoms with van der Waals surface area (Å²) in [5, 5.41) is 14.5. The van der Waals surface area contributed by atoms with Crippen LogP contribution in [0.2, 0.25) is 0 Å². The van der Waals surface area contributed by atoms with Crippen LogP contribution in [0.15, 0.2) is 59.0 Å². The molecule has 2 heterocycles. The summed E-state index contributed by atoms with van der Waals surface area (Å²) < 4.78 is 5.67. The Labute approximate surface area is 172 Å². The van der Waals surface area contributed by atoms with E-state index in [1.807, 2.05) is 24.3 Å². The van der Waals surface area contributed by atoms with Crippen molar-refractivity contribution in [3.05, 3.63) is 76.0 Å². The number of rotatable bonds is 5. The molecule has 1 fully saturated rings. The van der Waals surface area contributed by atoms with E-state index in [2.05, 4.69) is 5.32 Å². The first-order valence-electron chi connectivity index (χ1n) is 9.82. The first kappa shape index (κ1) is 19.6. The number of amides is 2. The molecule has 30 heavy (non-hydrogen) atoms. The molecule has 1 aliphatic rings. The Kier molecular flexibility index (Phi) is 5.47. The maximum Gasteiger partial charge on any atom is 0.289 e. The van der Waals surface area contributed by atoms with Gasteiger partial charge < -0.3 is 14.6 Å². The zero-order valence-electron chi connectivity index (χ0n) is 16.2. The largest absolute Gasteiger partial charge is 0.451 e. The van der Waals surface area contributed by atoms with Gasteiger partial charge in [0.25, 0.3) is 17.5 Å². The molecular weight excluding hydrogens is 386 g/mol. The van der Waals surface area contributed by atoms with Crippen LogP contribution in [0.1, 0.15) is 33.8 Å². The van der Waals surface area contributed by atoms with E-state index in [0.717, 1.165) is 18.2 Å². The number of fused-ring (bicyclic) bond motifs is 1.